The van der Waals surface area contributed by atoms with E-state index in [2.05, 4.69) is 21.3 Å². The zero-order valence-electron chi connectivity index (χ0n) is 24.8. The van der Waals surface area contributed by atoms with E-state index in [4.69, 9.17) is 26.8 Å². The molecule has 0 aromatic heterocycles. The molecule has 0 saturated carbocycles. The molecule has 0 spiro atoms. The maximum Gasteiger partial charge on any atom is 0.326 e. The summed E-state index contributed by atoms with van der Waals surface area (Å²) in [7, 11) is 0. The van der Waals surface area contributed by atoms with E-state index in [1.165, 1.54) is 0 Å². The first kappa shape index (κ1) is 39.4. The van der Waals surface area contributed by atoms with Gasteiger partial charge in [0, 0.05) is 12.8 Å². The number of primary amides is 1. The topological polar surface area (TPSA) is 347 Å². The van der Waals surface area contributed by atoms with Gasteiger partial charge in [0.25, 0.3) is 0 Å². The van der Waals surface area contributed by atoms with Gasteiger partial charge in [0.2, 0.25) is 35.4 Å². The van der Waals surface area contributed by atoms with Gasteiger partial charge in [-0.05, 0) is 12.0 Å². The summed E-state index contributed by atoms with van der Waals surface area (Å²) < 4.78 is 0. The summed E-state index contributed by atoms with van der Waals surface area (Å²) in [5.74, 6) is -10.7. The Morgan fingerprint density at radius 3 is 1.79 bits per heavy atom. The Morgan fingerprint density at radius 1 is 0.681 bits per heavy atom. The molecule has 258 valence electrons. The molecule has 1 aromatic rings. The number of hydrogen-bond acceptors (Lipinski definition) is 11. The first-order valence-electron chi connectivity index (χ1n) is 13.9. The van der Waals surface area contributed by atoms with Crippen LogP contribution in [-0.2, 0) is 49.6 Å². The van der Waals surface area contributed by atoms with E-state index < -0.39 is 116 Å². The molecule has 0 unspecified atom stereocenters. The molecule has 0 aliphatic heterocycles. The summed E-state index contributed by atoms with van der Waals surface area (Å²) >= 11 is 0. The second-order valence-electron chi connectivity index (χ2n) is 10.0. The highest BCUT2D eigenvalue weighted by Crippen LogP contribution is 2.06. The Balaban J connectivity index is 3.08. The number of carbonyl (C=O) groups is 9. The number of hydrogen-bond donors (Lipinski definition) is 11. The number of benzene rings is 1. The van der Waals surface area contributed by atoms with Crippen molar-refractivity contribution in [1.82, 2.24) is 26.6 Å². The highest BCUT2D eigenvalue weighted by Gasteiger charge is 2.32. The van der Waals surface area contributed by atoms with E-state index in [0.29, 0.717) is 5.56 Å². The van der Waals surface area contributed by atoms with Crippen LogP contribution >= 0.6 is 0 Å². The number of aliphatic hydroxyl groups excluding tert-OH is 1. The standard InChI is InChI=1S/C27H37N7O13/c28-14(6-7-21(38)39)23(42)34-18(12-35)26(45)33-16(9-19(29)36)25(44)32-15(8-13-4-2-1-3-5-13)24(43)30-11-20(37)31-17(27(46)47)10-22(40)41/h1-5,14-18,35H,6-12,28H2,(H2,29,36)(H,30,43)(H,31,37)(H,32,44)(H,33,45)(H,34,42)(H,38,39)(H,40,41)(H,46,47)/t14-,15-,16-,17-,18-/m0/s1. The van der Waals surface area contributed by atoms with Crippen molar-refractivity contribution < 1.29 is 63.6 Å². The molecule has 1 aromatic carbocycles. The predicted octanol–water partition coefficient (Wildman–Crippen LogP) is -5.10. The monoisotopic (exact) mass is 667 g/mol. The molecular weight excluding hydrogens is 630 g/mol. The van der Waals surface area contributed by atoms with E-state index in [-0.39, 0.29) is 12.8 Å². The Hall–Kier alpha value is -5.63. The Kier molecular flexibility index (Phi) is 16.5. The fourth-order valence-corrected chi connectivity index (χ4v) is 3.81. The van der Waals surface area contributed by atoms with Crippen molar-refractivity contribution in [2.24, 2.45) is 11.5 Å². The largest absolute Gasteiger partial charge is 0.481 e. The lowest BCUT2D eigenvalue weighted by Gasteiger charge is -2.25. The Bertz CT molecular complexity index is 1330. The Labute approximate surface area is 266 Å². The molecule has 0 radical (unpaired) electrons. The molecule has 0 aliphatic rings. The third kappa shape index (κ3) is 15.3. The molecule has 47 heavy (non-hydrogen) atoms. The van der Waals surface area contributed by atoms with E-state index in [9.17, 15) is 48.3 Å². The van der Waals surface area contributed by atoms with Crippen molar-refractivity contribution in [1.29, 1.82) is 0 Å². The van der Waals surface area contributed by atoms with Gasteiger partial charge in [0.15, 0.2) is 0 Å². The second kappa shape index (κ2) is 19.7. The molecule has 1 rings (SSSR count). The van der Waals surface area contributed by atoms with Crippen LogP contribution in [0.15, 0.2) is 30.3 Å². The molecule has 6 amide bonds. The average Bonchev–Trinajstić information content (AvgIpc) is 2.99. The summed E-state index contributed by atoms with van der Waals surface area (Å²) in [4.78, 5) is 108. The molecule has 0 heterocycles. The summed E-state index contributed by atoms with van der Waals surface area (Å²) in [5.41, 5.74) is 11.3. The van der Waals surface area contributed by atoms with Crippen molar-refractivity contribution in [3.05, 3.63) is 35.9 Å². The van der Waals surface area contributed by atoms with E-state index in [1.807, 2.05) is 5.32 Å². The van der Waals surface area contributed by atoms with Crippen LogP contribution in [0.4, 0.5) is 0 Å². The Morgan fingerprint density at radius 2 is 1.26 bits per heavy atom. The lowest BCUT2D eigenvalue weighted by Crippen LogP contribution is -2.59. The van der Waals surface area contributed by atoms with Crippen LogP contribution in [0, 0.1) is 0 Å². The highest BCUT2D eigenvalue weighted by molar-refractivity contribution is 5.97. The molecule has 0 aliphatic carbocycles. The minimum absolute atomic E-state index is 0.183. The highest BCUT2D eigenvalue weighted by atomic mass is 16.4. The molecule has 0 saturated heterocycles. The van der Waals surface area contributed by atoms with E-state index in [0.717, 1.165) is 0 Å². The molecule has 0 fully saturated rings. The maximum atomic E-state index is 13.2. The smallest absolute Gasteiger partial charge is 0.326 e. The van der Waals surface area contributed by atoms with Gasteiger partial charge in [-0.3, -0.25) is 38.4 Å². The second-order valence-corrected chi connectivity index (χ2v) is 10.0. The average molecular weight is 668 g/mol. The van der Waals surface area contributed by atoms with Crippen LogP contribution in [0.2, 0.25) is 0 Å². The van der Waals surface area contributed by atoms with Gasteiger partial charge in [-0.25, -0.2) is 4.79 Å². The molecular formula is C27H37N7O13. The third-order valence-corrected chi connectivity index (χ3v) is 6.21. The first-order valence-corrected chi connectivity index (χ1v) is 13.9. The van der Waals surface area contributed by atoms with Crippen molar-refractivity contribution in [3.8, 4) is 0 Å². The lowest BCUT2D eigenvalue weighted by molar-refractivity contribution is -0.147. The fourth-order valence-electron chi connectivity index (χ4n) is 3.81. The van der Waals surface area contributed by atoms with Gasteiger partial charge in [-0.15, -0.1) is 0 Å². The van der Waals surface area contributed by atoms with Crippen molar-refractivity contribution in [3.63, 3.8) is 0 Å². The number of aliphatic carboxylic acids is 3. The van der Waals surface area contributed by atoms with Gasteiger partial charge < -0.3 is 58.5 Å². The van der Waals surface area contributed by atoms with Crippen LogP contribution < -0.4 is 38.1 Å². The molecule has 13 N–H and O–H groups in total. The SMILES string of the molecule is NC(=O)C[C@H](NC(=O)[C@H](CO)NC(=O)[C@@H](N)CCC(=O)O)C(=O)N[C@@H](Cc1ccccc1)C(=O)NCC(=O)N[C@@H](CC(=O)O)C(=O)O. The van der Waals surface area contributed by atoms with Crippen LogP contribution in [0.5, 0.6) is 0 Å². The lowest BCUT2D eigenvalue weighted by atomic mass is 10.0. The zero-order chi connectivity index (χ0) is 35.7. The molecule has 0 bridgehead atoms. The number of carbonyl (C=O) groups excluding carboxylic acids is 6. The van der Waals surface area contributed by atoms with Crippen molar-refractivity contribution in [2.75, 3.05) is 13.2 Å². The molecule has 20 heteroatoms. The van der Waals surface area contributed by atoms with Gasteiger partial charge in [0.1, 0.15) is 24.2 Å². The number of aliphatic hydroxyl groups is 1. The number of carboxylic acids is 3. The number of nitrogens with one attached hydrogen (secondary N) is 5. The van der Waals surface area contributed by atoms with Crippen molar-refractivity contribution in [2.45, 2.75) is 62.3 Å². The normalized spacial score (nSPS) is 13.7. The van der Waals surface area contributed by atoms with Gasteiger partial charge in [0.05, 0.1) is 32.0 Å². The summed E-state index contributed by atoms with van der Waals surface area (Å²) in [6, 6.07) is 0.0781. The maximum absolute atomic E-state index is 13.2. The fraction of sp³-hybridized carbons (Fsp3) is 0.444. The quantitative estimate of drug-likeness (QED) is 0.0584. The van der Waals surface area contributed by atoms with Crippen LogP contribution in [0.1, 0.15) is 31.2 Å². The minimum Gasteiger partial charge on any atom is -0.481 e. The summed E-state index contributed by atoms with van der Waals surface area (Å²) in [5, 5.41) is 47.0. The van der Waals surface area contributed by atoms with Gasteiger partial charge in [-0.1, -0.05) is 30.3 Å². The van der Waals surface area contributed by atoms with Gasteiger partial charge in [-0.2, -0.15) is 0 Å². The van der Waals surface area contributed by atoms with Crippen LogP contribution in [0.3, 0.4) is 0 Å². The van der Waals surface area contributed by atoms with E-state index in [1.54, 1.807) is 30.3 Å². The molecule has 5 atom stereocenters. The number of carboxylic acid groups (broad SMARTS) is 3. The van der Waals surface area contributed by atoms with Crippen molar-refractivity contribution >= 4 is 53.4 Å². The number of nitrogens with two attached hydrogens (primary N) is 2. The van der Waals surface area contributed by atoms with E-state index >= 15 is 0 Å². The summed E-state index contributed by atoms with van der Waals surface area (Å²) in [6.07, 6.45) is -2.67. The van der Waals surface area contributed by atoms with Crippen LogP contribution in [-0.4, -0.2) is 117 Å². The van der Waals surface area contributed by atoms with Gasteiger partial charge >= 0.3 is 17.9 Å². The minimum atomic E-state index is -1.79. The third-order valence-electron chi connectivity index (χ3n) is 6.21. The predicted molar refractivity (Wildman–Crippen MR) is 157 cm³/mol. The molecule has 20 nitrogen and oxygen atoms in total. The zero-order valence-corrected chi connectivity index (χ0v) is 24.8. The van der Waals surface area contributed by atoms with Crippen LogP contribution in [0.25, 0.3) is 0 Å². The number of amides is 6. The summed E-state index contributed by atoms with van der Waals surface area (Å²) in [6.45, 7) is -1.82. The first-order chi connectivity index (χ1) is 22.0. The number of rotatable bonds is 21.